The lowest BCUT2D eigenvalue weighted by atomic mass is 10.1. The van der Waals surface area contributed by atoms with Crippen LogP contribution in [0.3, 0.4) is 0 Å². The summed E-state index contributed by atoms with van der Waals surface area (Å²) in [5, 5.41) is 5.05. The number of hydrogen-bond donors (Lipinski definition) is 1. The van der Waals surface area contributed by atoms with Crippen LogP contribution in [0.25, 0.3) is 21.8 Å². The first-order valence-corrected chi connectivity index (χ1v) is 9.42. The van der Waals surface area contributed by atoms with Crippen LogP contribution in [0.4, 0.5) is 5.69 Å². The first kappa shape index (κ1) is 17.3. The van der Waals surface area contributed by atoms with Crippen molar-refractivity contribution < 1.29 is 4.79 Å². The molecule has 0 aliphatic rings. The van der Waals surface area contributed by atoms with Gasteiger partial charge in [0.25, 0.3) is 5.91 Å². The molecule has 2 heterocycles. The monoisotopic (exact) mass is 357 g/mol. The zero-order valence-corrected chi connectivity index (χ0v) is 15.6. The highest BCUT2D eigenvalue weighted by Crippen LogP contribution is 2.24. The molecule has 0 saturated heterocycles. The van der Waals surface area contributed by atoms with Gasteiger partial charge in [-0.3, -0.25) is 9.78 Å². The summed E-state index contributed by atoms with van der Waals surface area (Å²) >= 11 is 0. The van der Waals surface area contributed by atoms with E-state index in [1.54, 1.807) is 6.20 Å². The molecule has 2 aromatic carbocycles. The molecule has 1 atom stereocenters. The number of amides is 1. The molecule has 4 nitrogen and oxygen atoms in total. The zero-order valence-electron chi connectivity index (χ0n) is 15.6. The van der Waals surface area contributed by atoms with Gasteiger partial charge < -0.3 is 9.88 Å². The molecule has 0 spiro atoms. The van der Waals surface area contributed by atoms with Crippen LogP contribution in [-0.2, 0) is 0 Å². The molecule has 1 amide bonds. The van der Waals surface area contributed by atoms with Crippen molar-refractivity contribution in [2.45, 2.75) is 32.7 Å². The molecule has 0 radical (unpaired) electrons. The maximum absolute atomic E-state index is 12.7. The molecule has 0 saturated carbocycles. The van der Waals surface area contributed by atoms with E-state index >= 15 is 0 Å². The Morgan fingerprint density at radius 1 is 1.11 bits per heavy atom. The van der Waals surface area contributed by atoms with E-state index in [0.717, 1.165) is 29.1 Å². The average molecular weight is 357 g/mol. The molecule has 4 aromatic rings. The van der Waals surface area contributed by atoms with E-state index in [2.05, 4.69) is 41.0 Å². The second kappa shape index (κ2) is 7.23. The highest BCUT2D eigenvalue weighted by molar-refractivity contribution is 6.06. The number of hydrogen-bond acceptors (Lipinski definition) is 2. The van der Waals surface area contributed by atoms with E-state index in [1.165, 1.54) is 5.52 Å². The number of anilines is 1. The summed E-state index contributed by atoms with van der Waals surface area (Å²) in [5.41, 5.74) is 3.43. The molecule has 1 unspecified atom stereocenters. The van der Waals surface area contributed by atoms with Crippen molar-refractivity contribution >= 4 is 33.4 Å². The minimum absolute atomic E-state index is 0.122. The fourth-order valence-electron chi connectivity index (χ4n) is 3.59. The standard InChI is InChI=1S/C23H23N3O/c1-3-6-16(2)26-12-11-18-13-19(9-10-22(18)26)23(27)25-20-14-17-7-4-5-8-21(17)24-15-20/h4-5,7-16H,3,6H2,1-2H3,(H,25,27). The molecule has 4 heteroatoms. The Balaban J connectivity index is 1.58. The van der Waals surface area contributed by atoms with Gasteiger partial charge in [0.1, 0.15) is 0 Å². The largest absolute Gasteiger partial charge is 0.345 e. The Hall–Kier alpha value is -3.14. The minimum atomic E-state index is -0.122. The molecule has 1 N–H and O–H groups in total. The lowest BCUT2D eigenvalue weighted by Gasteiger charge is -2.14. The number of pyridine rings is 1. The fourth-order valence-corrected chi connectivity index (χ4v) is 3.59. The van der Waals surface area contributed by atoms with Crippen molar-refractivity contribution in [3.63, 3.8) is 0 Å². The quantitative estimate of drug-likeness (QED) is 0.490. The van der Waals surface area contributed by atoms with Crippen LogP contribution in [0.5, 0.6) is 0 Å². The molecule has 0 aliphatic heterocycles. The SMILES string of the molecule is CCCC(C)n1ccc2cc(C(=O)Nc3cnc4ccccc4c3)ccc21. The second-order valence-corrected chi connectivity index (χ2v) is 7.01. The predicted octanol–water partition coefficient (Wildman–Crippen LogP) is 5.80. The molecule has 0 fully saturated rings. The Bertz CT molecular complexity index is 1110. The Kier molecular flexibility index (Phi) is 4.63. The van der Waals surface area contributed by atoms with E-state index in [9.17, 15) is 4.79 Å². The third-order valence-electron chi connectivity index (χ3n) is 5.01. The van der Waals surface area contributed by atoms with Crippen LogP contribution in [0, 0.1) is 0 Å². The predicted molar refractivity (Wildman–Crippen MR) is 111 cm³/mol. The van der Waals surface area contributed by atoms with Gasteiger partial charge in [0, 0.05) is 34.1 Å². The number of carbonyl (C=O) groups is 1. The Morgan fingerprint density at radius 2 is 1.96 bits per heavy atom. The van der Waals surface area contributed by atoms with Gasteiger partial charge in [-0.2, -0.15) is 0 Å². The summed E-state index contributed by atoms with van der Waals surface area (Å²) in [6.45, 7) is 4.43. The lowest BCUT2D eigenvalue weighted by Crippen LogP contribution is -2.12. The average Bonchev–Trinajstić information content (AvgIpc) is 3.11. The van der Waals surface area contributed by atoms with Crippen molar-refractivity contribution in [2.75, 3.05) is 5.32 Å². The first-order chi connectivity index (χ1) is 13.2. The van der Waals surface area contributed by atoms with E-state index in [0.29, 0.717) is 17.3 Å². The van der Waals surface area contributed by atoms with Crippen LogP contribution in [-0.4, -0.2) is 15.5 Å². The van der Waals surface area contributed by atoms with Crippen LogP contribution in [0.1, 0.15) is 43.1 Å². The van der Waals surface area contributed by atoms with Gasteiger partial charge in [0.15, 0.2) is 0 Å². The minimum Gasteiger partial charge on any atom is -0.345 e. The van der Waals surface area contributed by atoms with E-state index in [1.807, 2.05) is 48.5 Å². The van der Waals surface area contributed by atoms with Gasteiger partial charge in [-0.05, 0) is 49.7 Å². The van der Waals surface area contributed by atoms with Gasteiger partial charge in [-0.25, -0.2) is 0 Å². The lowest BCUT2D eigenvalue weighted by molar-refractivity contribution is 0.102. The topological polar surface area (TPSA) is 46.9 Å². The van der Waals surface area contributed by atoms with Gasteiger partial charge in [-0.15, -0.1) is 0 Å². The Morgan fingerprint density at radius 3 is 2.81 bits per heavy atom. The third-order valence-corrected chi connectivity index (χ3v) is 5.01. The number of para-hydroxylation sites is 1. The Labute approximate surface area is 158 Å². The molecule has 0 bridgehead atoms. The van der Waals surface area contributed by atoms with Gasteiger partial charge in [0.05, 0.1) is 17.4 Å². The number of benzene rings is 2. The molecule has 2 aromatic heterocycles. The van der Waals surface area contributed by atoms with E-state index < -0.39 is 0 Å². The fraction of sp³-hybridized carbons (Fsp3) is 0.217. The maximum Gasteiger partial charge on any atom is 0.255 e. The summed E-state index contributed by atoms with van der Waals surface area (Å²) in [6.07, 6.45) is 6.10. The van der Waals surface area contributed by atoms with Crippen LogP contribution < -0.4 is 5.32 Å². The summed E-state index contributed by atoms with van der Waals surface area (Å²) in [6, 6.07) is 18.2. The van der Waals surface area contributed by atoms with Crippen LogP contribution in [0.15, 0.2) is 67.0 Å². The van der Waals surface area contributed by atoms with Gasteiger partial charge in [-0.1, -0.05) is 31.5 Å². The van der Waals surface area contributed by atoms with Gasteiger partial charge >= 0.3 is 0 Å². The number of carbonyl (C=O) groups excluding carboxylic acids is 1. The van der Waals surface area contributed by atoms with Crippen molar-refractivity contribution in [1.82, 2.24) is 9.55 Å². The van der Waals surface area contributed by atoms with Crippen LogP contribution >= 0.6 is 0 Å². The summed E-state index contributed by atoms with van der Waals surface area (Å²) in [7, 11) is 0. The number of nitrogens with one attached hydrogen (secondary N) is 1. The number of nitrogens with zero attached hydrogens (tertiary/aromatic N) is 2. The summed E-state index contributed by atoms with van der Waals surface area (Å²) in [5.74, 6) is -0.122. The van der Waals surface area contributed by atoms with Crippen molar-refractivity contribution in [1.29, 1.82) is 0 Å². The number of aromatic nitrogens is 2. The zero-order chi connectivity index (χ0) is 18.8. The molecular formula is C23H23N3O. The van der Waals surface area contributed by atoms with Gasteiger partial charge in [0.2, 0.25) is 0 Å². The smallest absolute Gasteiger partial charge is 0.255 e. The van der Waals surface area contributed by atoms with E-state index in [4.69, 9.17) is 0 Å². The molecule has 4 rings (SSSR count). The highest BCUT2D eigenvalue weighted by Gasteiger charge is 2.11. The van der Waals surface area contributed by atoms with Crippen LogP contribution in [0.2, 0.25) is 0 Å². The van der Waals surface area contributed by atoms with Crippen molar-refractivity contribution in [3.8, 4) is 0 Å². The number of fused-ring (bicyclic) bond motifs is 2. The van der Waals surface area contributed by atoms with Crippen molar-refractivity contribution in [2.24, 2.45) is 0 Å². The normalized spacial score (nSPS) is 12.4. The summed E-state index contributed by atoms with van der Waals surface area (Å²) in [4.78, 5) is 17.1. The second-order valence-electron chi connectivity index (χ2n) is 7.01. The molecule has 27 heavy (non-hydrogen) atoms. The number of rotatable bonds is 5. The first-order valence-electron chi connectivity index (χ1n) is 9.42. The third kappa shape index (κ3) is 3.43. The van der Waals surface area contributed by atoms with E-state index in [-0.39, 0.29) is 5.91 Å². The highest BCUT2D eigenvalue weighted by atomic mass is 16.1. The molecule has 136 valence electrons. The summed E-state index contributed by atoms with van der Waals surface area (Å²) < 4.78 is 2.29. The van der Waals surface area contributed by atoms with Crippen molar-refractivity contribution in [3.05, 3.63) is 72.6 Å². The molecular weight excluding hydrogens is 334 g/mol. The molecule has 0 aliphatic carbocycles. The maximum atomic E-state index is 12.7.